The van der Waals surface area contributed by atoms with E-state index < -0.39 is 0 Å². The van der Waals surface area contributed by atoms with Crippen molar-refractivity contribution in [2.24, 2.45) is 0 Å². The molecule has 1 atom stereocenters. The van der Waals surface area contributed by atoms with Gasteiger partial charge in [-0.1, -0.05) is 74.0 Å². The molecular weight excluding hydrogens is 242 g/mol. The Bertz CT molecular complexity index is 499. The predicted molar refractivity (Wildman–Crippen MR) is 87.2 cm³/mol. The summed E-state index contributed by atoms with van der Waals surface area (Å²) in [6.07, 6.45) is 1.09. The van der Waals surface area contributed by atoms with Crippen molar-refractivity contribution in [2.75, 3.05) is 6.54 Å². The lowest BCUT2D eigenvalue weighted by atomic mass is 9.91. The molecule has 2 aromatic carbocycles. The van der Waals surface area contributed by atoms with Gasteiger partial charge in [0, 0.05) is 18.5 Å². The second-order valence-corrected chi connectivity index (χ2v) is 5.86. The van der Waals surface area contributed by atoms with Gasteiger partial charge in [0.25, 0.3) is 0 Å². The smallest absolute Gasteiger partial charge is 0.00257 e. The van der Waals surface area contributed by atoms with E-state index in [0.717, 1.165) is 13.0 Å². The maximum atomic E-state index is 3.58. The van der Waals surface area contributed by atoms with Crippen LogP contribution in [-0.4, -0.2) is 12.6 Å². The maximum Gasteiger partial charge on any atom is 0.00257 e. The van der Waals surface area contributed by atoms with Crippen LogP contribution in [0.15, 0.2) is 54.6 Å². The van der Waals surface area contributed by atoms with Gasteiger partial charge in [0.15, 0.2) is 0 Å². The summed E-state index contributed by atoms with van der Waals surface area (Å²) >= 11 is 0. The van der Waals surface area contributed by atoms with Crippen LogP contribution in [0.5, 0.6) is 0 Å². The minimum atomic E-state index is 0.527. The first-order valence-corrected chi connectivity index (χ1v) is 7.49. The Balaban J connectivity index is 2.13. The van der Waals surface area contributed by atoms with Gasteiger partial charge in [-0.05, 0) is 24.5 Å². The summed E-state index contributed by atoms with van der Waals surface area (Å²) < 4.78 is 0. The van der Waals surface area contributed by atoms with E-state index in [1.165, 1.54) is 16.7 Å². The summed E-state index contributed by atoms with van der Waals surface area (Å²) in [5.41, 5.74) is 4.15. The van der Waals surface area contributed by atoms with Crippen LogP contribution in [0.25, 0.3) is 0 Å². The molecule has 0 heterocycles. The Hall–Kier alpha value is -1.60. The van der Waals surface area contributed by atoms with Crippen LogP contribution in [0.4, 0.5) is 0 Å². The lowest BCUT2D eigenvalue weighted by Crippen LogP contribution is -2.28. The summed E-state index contributed by atoms with van der Waals surface area (Å²) in [4.78, 5) is 0. The average Bonchev–Trinajstić information content (AvgIpc) is 2.45. The molecule has 0 saturated carbocycles. The Morgan fingerprint density at radius 2 is 1.55 bits per heavy atom. The molecule has 1 unspecified atom stereocenters. The lowest BCUT2D eigenvalue weighted by Gasteiger charge is -2.20. The fourth-order valence-electron chi connectivity index (χ4n) is 2.42. The van der Waals surface area contributed by atoms with E-state index in [1.807, 2.05) is 0 Å². The second-order valence-electron chi connectivity index (χ2n) is 5.86. The van der Waals surface area contributed by atoms with Crippen molar-refractivity contribution in [3.63, 3.8) is 0 Å². The van der Waals surface area contributed by atoms with Crippen LogP contribution >= 0.6 is 0 Å². The van der Waals surface area contributed by atoms with Gasteiger partial charge < -0.3 is 5.32 Å². The topological polar surface area (TPSA) is 12.0 Å². The van der Waals surface area contributed by atoms with Gasteiger partial charge in [0.1, 0.15) is 0 Å². The summed E-state index contributed by atoms with van der Waals surface area (Å²) in [5.74, 6) is 0.528. The normalized spacial score (nSPS) is 12.6. The lowest BCUT2D eigenvalue weighted by molar-refractivity contribution is 0.527. The first-order chi connectivity index (χ1) is 9.65. The third-order valence-corrected chi connectivity index (χ3v) is 3.65. The van der Waals surface area contributed by atoms with Gasteiger partial charge in [0.05, 0.1) is 0 Å². The minimum Gasteiger partial charge on any atom is -0.314 e. The van der Waals surface area contributed by atoms with Crippen molar-refractivity contribution in [2.45, 2.75) is 39.2 Å². The predicted octanol–water partition coefficient (Wildman–Crippen LogP) is 4.32. The SMILES string of the molecule is Cc1ccc(C(CNC(C)C)Cc2ccccc2)cc1. The zero-order chi connectivity index (χ0) is 14.4. The number of aryl methyl sites for hydroxylation is 1. The van der Waals surface area contributed by atoms with Crippen molar-refractivity contribution in [3.05, 3.63) is 71.3 Å². The van der Waals surface area contributed by atoms with Crippen molar-refractivity contribution in [1.29, 1.82) is 0 Å². The summed E-state index contributed by atoms with van der Waals surface area (Å²) in [6.45, 7) is 7.57. The molecule has 0 radical (unpaired) electrons. The van der Waals surface area contributed by atoms with Crippen LogP contribution in [0.2, 0.25) is 0 Å². The quantitative estimate of drug-likeness (QED) is 0.822. The number of hydrogen-bond donors (Lipinski definition) is 1. The molecule has 0 aliphatic heterocycles. The number of nitrogens with one attached hydrogen (secondary N) is 1. The number of rotatable bonds is 6. The van der Waals surface area contributed by atoms with Crippen LogP contribution in [0.1, 0.15) is 36.5 Å². The summed E-state index contributed by atoms with van der Waals surface area (Å²) in [5, 5.41) is 3.58. The van der Waals surface area contributed by atoms with Crippen molar-refractivity contribution in [3.8, 4) is 0 Å². The van der Waals surface area contributed by atoms with Crippen LogP contribution in [-0.2, 0) is 6.42 Å². The Kier molecular flexibility index (Phi) is 5.37. The molecule has 20 heavy (non-hydrogen) atoms. The number of hydrogen-bond acceptors (Lipinski definition) is 1. The third-order valence-electron chi connectivity index (χ3n) is 3.65. The van der Waals surface area contributed by atoms with Gasteiger partial charge in [-0.3, -0.25) is 0 Å². The largest absolute Gasteiger partial charge is 0.314 e. The van der Waals surface area contributed by atoms with Gasteiger partial charge >= 0.3 is 0 Å². The third kappa shape index (κ3) is 4.50. The van der Waals surface area contributed by atoms with E-state index in [4.69, 9.17) is 0 Å². The monoisotopic (exact) mass is 267 g/mol. The van der Waals surface area contributed by atoms with E-state index in [2.05, 4.69) is 80.7 Å². The highest BCUT2D eigenvalue weighted by Crippen LogP contribution is 2.21. The molecular formula is C19H25N. The molecule has 0 bridgehead atoms. The first-order valence-electron chi connectivity index (χ1n) is 7.49. The van der Waals surface area contributed by atoms with Gasteiger partial charge in [-0.2, -0.15) is 0 Å². The molecule has 0 amide bonds. The second kappa shape index (κ2) is 7.25. The van der Waals surface area contributed by atoms with Gasteiger partial charge in [-0.15, -0.1) is 0 Å². The van der Waals surface area contributed by atoms with Crippen molar-refractivity contribution in [1.82, 2.24) is 5.32 Å². The molecule has 0 aliphatic carbocycles. The van der Waals surface area contributed by atoms with Crippen LogP contribution < -0.4 is 5.32 Å². The Morgan fingerprint density at radius 1 is 0.900 bits per heavy atom. The molecule has 0 aliphatic rings. The molecule has 1 N–H and O–H groups in total. The van der Waals surface area contributed by atoms with Crippen molar-refractivity contribution >= 4 is 0 Å². The Labute approximate surface area is 123 Å². The minimum absolute atomic E-state index is 0.527. The van der Waals surface area contributed by atoms with E-state index in [-0.39, 0.29) is 0 Å². The molecule has 106 valence electrons. The molecule has 0 aromatic heterocycles. The highest BCUT2D eigenvalue weighted by atomic mass is 14.9. The van der Waals surface area contributed by atoms with Crippen molar-refractivity contribution < 1.29 is 0 Å². The standard InChI is InChI=1S/C19H25N/c1-15(2)20-14-19(13-17-7-5-4-6-8-17)18-11-9-16(3)10-12-18/h4-12,15,19-20H,13-14H2,1-3H3. The number of benzene rings is 2. The molecule has 0 fully saturated rings. The first kappa shape index (κ1) is 14.8. The molecule has 0 spiro atoms. The summed E-state index contributed by atoms with van der Waals surface area (Å²) in [7, 11) is 0. The van der Waals surface area contributed by atoms with Crippen LogP contribution in [0.3, 0.4) is 0 Å². The van der Waals surface area contributed by atoms with E-state index in [1.54, 1.807) is 0 Å². The fraction of sp³-hybridized carbons (Fsp3) is 0.368. The maximum absolute atomic E-state index is 3.58. The van der Waals surface area contributed by atoms with E-state index in [9.17, 15) is 0 Å². The average molecular weight is 267 g/mol. The van der Waals surface area contributed by atoms with E-state index >= 15 is 0 Å². The highest BCUT2D eigenvalue weighted by Gasteiger charge is 2.12. The molecule has 2 rings (SSSR count). The molecule has 1 nitrogen and oxygen atoms in total. The van der Waals surface area contributed by atoms with Crippen LogP contribution in [0, 0.1) is 6.92 Å². The molecule has 2 aromatic rings. The highest BCUT2D eigenvalue weighted by molar-refractivity contribution is 5.27. The summed E-state index contributed by atoms with van der Waals surface area (Å²) in [6, 6.07) is 20.2. The van der Waals surface area contributed by atoms with E-state index in [0.29, 0.717) is 12.0 Å². The molecule has 1 heteroatoms. The zero-order valence-corrected chi connectivity index (χ0v) is 12.8. The van der Waals surface area contributed by atoms with Gasteiger partial charge in [0.2, 0.25) is 0 Å². The zero-order valence-electron chi connectivity index (χ0n) is 12.8. The van der Waals surface area contributed by atoms with Gasteiger partial charge in [-0.25, -0.2) is 0 Å². The fourth-order valence-corrected chi connectivity index (χ4v) is 2.42. The Morgan fingerprint density at radius 3 is 2.15 bits per heavy atom. The molecule has 0 saturated heterocycles.